The Bertz CT molecular complexity index is 587. The molecule has 1 aromatic heterocycles. The van der Waals surface area contributed by atoms with Crippen LogP contribution in [0.4, 0.5) is 0 Å². The molecule has 0 radical (unpaired) electrons. The molecular formula is C14H27IN4O2S2. The van der Waals surface area contributed by atoms with E-state index in [1.807, 2.05) is 20.0 Å². The fourth-order valence-corrected chi connectivity index (χ4v) is 3.32. The maximum atomic E-state index is 11.2. The zero-order valence-corrected chi connectivity index (χ0v) is 18.1. The molecule has 1 rings (SSSR count). The van der Waals surface area contributed by atoms with Crippen molar-refractivity contribution in [1.29, 1.82) is 0 Å². The number of nitrogens with zero attached hydrogens (tertiary/aromatic N) is 2. The van der Waals surface area contributed by atoms with Crippen molar-refractivity contribution in [3.05, 3.63) is 16.1 Å². The van der Waals surface area contributed by atoms with Crippen LogP contribution in [0.3, 0.4) is 0 Å². The molecule has 9 heteroatoms. The van der Waals surface area contributed by atoms with Gasteiger partial charge in [0.2, 0.25) is 0 Å². The number of aliphatic imine (C=N–C) groups is 1. The number of hydrogen-bond donors (Lipinski definition) is 2. The number of guanidine groups is 1. The lowest BCUT2D eigenvalue weighted by atomic mass is 10.3. The molecule has 0 saturated carbocycles. The van der Waals surface area contributed by atoms with E-state index in [-0.39, 0.29) is 35.8 Å². The summed E-state index contributed by atoms with van der Waals surface area (Å²) in [6, 6.07) is 0.0371. The number of halogens is 1. The van der Waals surface area contributed by atoms with Gasteiger partial charge in [-0.05, 0) is 26.7 Å². The summed E-state index contributed by atoms with van der Waals surface area (Å²) < 4.78 is 22.4. The maximum absolute atomic E-state index is 11.2. The van der Waals surface area contributed by atoms with E-state index in [4.69, 9.17) is 0 Å². The second-order valence-corrected chi connectivity index (χ2v) is 8.69. The molecule has 1 heterocycles. The quantitative estimate of drug-likeness (QED) is 0.343. The van der Waals surface area contributed by atoms with Gasteiger partial charge >= 0.3 is 0 Å². The average Bonchev–Trinajstić information content (AvgIpc) is 2.90. The Morgan fingerprint density at radius 2 is 2.13 bits per heavy atom. The maximum Gasteiger partial charge on any atom is 0.191 e. The first-order chi connectivity index (χ1) is 10.3. The third kappa shape index (κ3) is 10.1. The standard InChI is InChI=1S/C14H26N4O2S2.HI/c1-5-12-9-16-13(21-12)10-17-14(15-6-2)18-11(3)7-8-22(4,19)20;/h9,11H,5-8,10H2,1-4H3,(H2,15,17,18);1H. The predicted molar refractivity (Wildman–Crippen MR) is 109 cm³/mol. The fraction of sp³-hybridized carbons (Fsp3) is 0.714. The largest absolute Gasteiger partial charge is 0.357 e. The van der Waals surface area contributed by atoms with Gasteiger partial charge in [-0.1, -0.05) is 6.92 Å². The summed E-state index contributed by atoms with van der Waals surface area (Å²) in [4.78, 5) is 10.1. The SMILES string of the molecule is CCNC(=NCc1ncc(CC)s1)NC(C)CCS(C)(=O)=O.I. The molecule has 1 atom stereocenters. The molecule has 134 valence electrons. The number of thiazole rings is 1. The molecule has 0 fully saturated rings. The lowest BCUT2D eigenvalue weighted by Gasteiger charge is -2.17. The summed E-state index contributed by atoms with van der Waals surface area (Å²) in [5, 5.41) is 7.38. The Morgan fingerprint density at radius 1 is 1.43 bits per heavy atom. The van der Waals surface area contributed by atoms with Gasteiger partial charge in [0.1, 0.15) is 14.8 Å². The molecule has 0 amide bonds. The Labute approximate surface area is 160 Å². The van der Waals surface area contributed by atoms with Crippen molar-refractivity contribution in [2.45, 2.75) is 46.2 Å². The van der Waals surface area contributed by atoms with Crippen LogP contribution in [0, 0.1) is 0 Å². The van der Waals surface area contributed by atoms with Gasteiger partial charge in [-0.15, -0.1) is 35.3 Å². The highest BCUT2D eigenvalue weighted by Gasteiger charge is 2.09. The van der Waals surface area contributed by atoms with Crippen LogP contribution in [-0.2, 0) is 22.8 Å². The lowest BCUT2D eigenvalue weighted by Crippen LogP contribution is -2.42. The van der Waals surface area contributed by atoms with Gasteiger partial charge in [-0.2, -0.15) is 0 Å². The summed E-state index contributed by atoms with van der Waals surface area (Å²) in [6.45, 7) is 7.34. The molecule has 6 nitrogen and oxygen atoms in total. The molecular weight excluding hydrogens is 447 g/mol. The highest BCUT2D eigenvalue weighted by atomic mass is 127. The van der Waals surface area contributed by atoms with Crippen molar-refractivity contribution in [2.24, 2.45) is 4.99 Å². The van der Waals surface area contributed by atoms with Gasteiger partial charge < -0.3 is 10.6 Å². The Morgan fingerprint density at radius 3 is 2.65 bits per heavy atom. The summed E-state index contributed by atoms with van der Waals surface area (Å²) in [7, 11) is -2.93. The predicted octanol–water partition coefficient (Wildman–Crippen LogP) is 2.20. The van der Waals surface area contributed by atoms with E-state index in [0.717, 1.165) is 18.0 Å². The first kappa shape index (κ1) is 22.6. The zero-order valence-electron chi connectivity index (χ0n) is 14.1. The first-order valence-electron chi connectivity index (χ1n) is 7.50. The number of aromatic nitrogens is 1. The molecule has 0 aromatic carbocycles. The van der Waals surface area contributed by atoms with Crippen LogP contribution in [-0.4, -0.2) is 44.0 Å². The number of rotatable bonds is 8. The van der Waals surface area contributed by atoms with E-state index in [1.165, 1.54) is 11.1 Å². The summed E-state index contributed by atoms with van der Waals surface area (Å²) in [5.74, 6) is 0.865. The Balaban J connectivity index is 0.00000484. The number of nitrogens with one attached hydrogen (secondary N) is 2. The monoisotopic (exact) mass is 474 g/mol. The second-order valence-electron chi connectivity index (χ2n) is 5.23. The van der Waals surface area contributed by atoms with E-state index >= 15 is 0 Å². The van der Waals surface area contributed by atoms with Crippen LogP contribution in [0.1, 0.15) is 37.1 Å². The van der Waals surface area contributed by atoms with Gasteiger partial charge in [0.15, 0.2) is 5.96 Å². The van der Waals surface area contributed by atoms with Gasteiger partial charge in [0.25, 0.3) is 0 Å². The third-order valence-corrected chi connectivity index (χ3v) is 5.08. The number of aryl methyl sites for hydroxylation is 1. The molecule has 0 aliphatic heterocycles. The minimum absolute atomic E-state index is 0. The number of sulfone groups is 1. The van der Waals surface area contributed by atoms with Gasteiger partial charge in [0, 0.05) is 29.9 Å². The van der Waals surface area contributed by atoms with Crippen LogP contribution in [0.15, 0.2) is 11.2 Å². The zero-order chi connectivity index (χ0) is 16.6. The molecule has 1 unspecified atom stereocenters. The molecule has 0 aliphatic carbocycles. The van der Waals surface area contributed by atoms with Crippen molar-refractivity contribution in [1.82, 2.24) is 15.6 Å². The van der Waals surface area contributed by atoms with E-state index in [1.54, 1.807) is 11.3 Å². The summed E-state index contributed by atoms with van der Waals surface area (Å²) in [6.07, 6.45) is 4.69. The van der Waals surface area contributed by atoms with Crippen molar-refractivity contribution < 1.29 is 8.42 Å². The third-order valence-electron chi connectivity index (χ3n) is 2.97. The summed E-state index contributed by atoms with van der Waals surface area (Å²) in [5.41, 5.74) is 0. The highest BCUT2D eigenvalue weighted by molar-refractivity contribution is 14.0. The molecule has 2 N–H and O–H groups in total. The first-order valence-corrected chi connectivity index (χ1v) is 10.4. The van der Waals surface area contributed by atoms with Crippen LogP contribution in [0.25, 0.3) is 0 Å². The Kier molecular flexibility index (Phi) is 11.0. The smallest absolute Gasteiger partial charge is 0.191 e. The van der Waals surface area contributed by atoms with Crippen LogP contribution < -0.4 is 10.6 Å². The number of hydrogen-bond acceptors (Lipinski definition) is 5. The molecule has 0 saturated heterocycles. The van der Waals surface area contributed by atoms with E-state index in [2.05, 4.69) is 27.5 Å². The van der Waals surface area contributed by atoms with Crippen molar-refractivity contribution in [3.63, 3.8) is 0 Å². The van der Waals surface area contributed by atoms with Gasteiger partial charge in [-0.3, -0.25) is 0 Å². The topological polar surface area (TPSA) is 83.4 Å². The van der Waals surface area contributed by atoms with Crippen molar-refractivity contribution in [3.8, 4) is 0 Å². The van der Waals surface area contributed by atoms with E-state index < -0.39 is 9.84 Å². The van der Waals surface area contributed by atoms with Crippen LogP contribution >= 0.6 is 35.3 Å². The molecule has 0 aliphatic rings. The van der Waals surface area contributed by atoms with Crippen LogP contribution in [0.5, 0.6) is 0 Å². The fourth-order valence-electron chi connectivity index (χ4n) is 1.75. The Hall–Kier alpha value is -0.420. The van der Waals surface area contributed by atoms with E-state index in [9.17, 15) is 8.42 Å². The van der Waals surface area contributed by atoms with Gasteiger partial charge in [-0.25, -0.2) is 18.4 Å². The normalized spacial score (nSPS) is 13.3. The average molecular weight is 474 g/mol. The molecule has 0 bridgehead atoms. The summed E-state index contributed by atoms with van der Waals surface area (Å²) >= 11 is 1.67. The second kappa shape index (κ2) is 11.2. The van der Waals surface area contributed by atoms with E-state index in [0.29, 0.717) is 18.9 Å². The molecule has 1 aromatic rings. The minimum atomic E-state index is -2.93. The molecule has 23 heavy (non-hydrogen) atoms. The molecule has 0 spiro atoms. The highest BCUT2D eigenvalue weighted by Crippen LogP contribution is 2.13. The van der Waals surface area contributed by atoms with Gasteiger partial charge in [0.05, 0.1) is 12.3 Å². The minimum Gasteiger partial charge on any atom is -0.357 e. The lowest BCUT2D eigenvalue weighted by molar-refractivity contribution is 0.581. The van der Waals surface area contributed by atoms with Crippen molar-refractivity contribution >= 4 is 51.1 Å². The van der Waals surface area contributed by atoms with Crippen LogP contribution in [0.2, 0.25) is 0 Å². The van der Waals surface area contributed by atoms with Crippen molar-refractivity contribution in [2.75, 3.05) is 18.6 Å².